The standard InChI is InChI=1S/C23H24FN3O4/c1-13-2-3-15(17(24)8-13)9-25-21(30)16-11-26-12-23-6-4-14(5-7-23)10-27(23)22(31)18(26)20(29)19(16)28/h2-3,8,11,14,29H,4-7,9-10,12H2,1H3,(H,25,30). The van der Waals surface area contributed by atoms with Crippen molar-refractivity contribution in [2.24, 2.45) is 5.92 Å². The number of aromatic nitrogens is 1. The lowest BCUT2D eigenvalue weighted by atomic mass is 9.69. The van der Waals surface area contributed by atoms with E-state index in [9.17, 15) is 23.9 Å². The zero-order valence-corrected chi connectivity index (χ0v) is 17.3. The van der Waals surface area contributed by atoms with E-state index in [2.05, 4.69) is 5.32 Å². The van der Waals surface area contributed by atoms with Gasteiger partial charge in [0.25, 0.3) is 11.8 Å². The Morgan fingerprint density at radius 1 is 1.29 bits per heavy atom. The molecule has 4 heterocycles. The molecule has 31 heavy (non-hydrogen) atoms. The predicted octanol–water partition coefficient (Wildman–Crippen LogP) is 2.33. The minimum atomic E-state index is -0.889. The number of nitrogens with one attached hydrogen (secondary N) is 1. The number of aryl methyl sites for hydroxylation is 1. The fraction of sp³-hybridized carbons (Fsp3) is 0.435. The van der Waals surface area contributed by atoms with Crippen LogP contribution in [-0.2, 0) is 13.1 Å². The molecule has 1 aliphatic carbocycles. The summed E-state index contributed by atoms with van der Waals surface area (Å²) in [6, 6.07) is 4.68. The Morgan fingerprint density at radius 3 is 2.74 bits per heavy atom. The average Bonchev–Trinajstić information content (AvgIpc) is 2.75. The Kier molecular flexibility index (Phi) is 4.42. The lowest BCUT2D eigenvalue weighted by Crippen LogP contribution is -2.65. The molecule has 2 aromatic rings. The first-order chi connectivity index (χ1) is 14.8. The second-order valence-electron chi connectivity index (χ2n) is 9.06. The Morgan fingerprint density at radius 2 is 2.03 bits per heavy atom. The monoisotopic (exact) mass is 425 g/mol. The van der Waals surface area contributed by atoms with E-state index < -0.39 is 22.9 Å². The number of carbonyl (C=O) groups is 2. The van der Waals surface area contributed by atoms with E-state index in [1.54, 1.807) is 23.6 Å². The van der Waals surface area contributed by atoms with Gasteiger partial charge >= 0.3 is 0 Å². The van der Waals surface area contributed by atoms with E-state index in [1.165, 1.54) is 12.3 Å². The topological polar surface area (TPSA) is 91.6 Å². The van der Waals surface area contributed by atoms with Crippen LogP contribution in [0.3, 0.4) is 0 Å². The molecule has 2 amide bonds. The van der Waals surface area contributed by atoms with Crippen molar-refractivity contribution in [3.05, 3.63) is 62.8 Å². The molecule has 2 N–H and O–H groups in total. The summed E-state index contributed by atoms with van der Waals surface area (Å²) in [7, 11) is 0. The Bertz CT molecular complexity index is 1160. The molecule has 2 saturated heterocycles. The van der Waals surface area contributed by atoms with E-state index in [0.717, 1.165) is 31.2 Å². The normalized spacial score (nSPS) is 24.0. The van der Waals surface area contributed by atoms with Crippen LogP contribution in [0.2, 0.25) is 0 Å². The van der Waals surface area contributed by atoms with Crippen molar-refractivity contribution >= 4 is 11.8 Å². The lowest BCUT2D eigenvalue weighted by Gasteiger charge is -2.57. The molecule has 1 aromatic carbocycles. The smallest absolute Gasteiger partial charge is 0.275 e. The highest BCUT2D eigenvalue weighted by Gasteiger charge is 2.52. The Labute approximate surface area is 178 Å². The van der Waals surface area contributed by atoms with Crippen LogP contribution in [-0.4, -0.2) is 38.5 Å². The fourth-order valence-electron chi connectivity index (χ4n) is 5.33. The molecule has 0 radical (unpaired) electrons. The van der Waals surface area contributed by atoms with Gasteiger partial charge in [-0.1, -0.05) is 12.1 Å². The fourth-order valence-corrected chi connectivity index (χ4v) is 5.33. The molecular weight excluding hydrogens is 401 g/mol. The Hall–Kier alpha value is -3.16. The highest BCUT2D eigenvalue weighted by atomic mass is 19.1. The highest BCUT2D eigenvalue weighted by Crippen LogP contribution is 2.47. The van der Waals surface area contributed by atoms with Crippen LogP contribution >= 0.6 is 0 Å². The number of nitrogens with zero attached hydrogens (tertiary/aromatic N) is 2. The molecular formula is C23H24FN3O4. The molecule has 7 nitrogen and oxygen atoms in total. The number of rotatable bonds is 3. The lowest BCUT2D eigenvalue weighted by molar-refractivity contribution is -0.0389. The summed E-state index contributed by atoms with van der Waals surface area (Å²) in [5.41, 5.74) is -0.455. The van der Waals surface area contributed by atoms with Gasteiger partial charge in [-0.2, -0.15) is 0 Å². The van der Waals surface area contributed by atoms with Crippen molar-refractivity contribution in [1.29, 1.82) is 0 Å². The van der Waals surface area contributed by atoms with Gasteiger partial charge in [-0.3, -0.25) is 14.4 Å². The number of amides is 2. The van der Waals surface area contributed by atoms with Gasteiger partial charge in [0.2, 0.25) is 5.43 Å². The first kappa shape index (κ1) is 19.8. The molecule has 1 spiro atoms. The van der Waals surface area contributed by atoms with Gasteiger partial charge < -0.3 is 19.9 Å². The van der Waals surface area contributed by atoms with Crippen molar-refractivity contribution < 1.29 is 19.1 Å². The third kappa shape index (κ3) is 3.04. The van der Waals surface area contributed by atoms with Gasteiger partial charge in [0.1, 0.15) is 11.4 Å². The summed E-state index contributed by atoms with van der Waals surface area (Å²) in [6.07, 6.45) is 5.23. The summed E-state index contributed by atoms with van der Waals surface area (Å²) < 4.78 is 15.6. The first-order valence-electron chi connectivity index (χ1n) is 10.6. The van der Waals surface area contributed by atoms with Crippen LogP contribution < -0.4 is 10.7 Å². The number of carbonyl (C=O) groups excluding carboxylic acids is 2. The number of benzene rings is 1. The molecule has 162 valence electrons. The molecule has 3 aliphatic heterocycles. The molecule has 4 aliphatic rings. The average molecular weight is 425 g/mol. The summed E-state index contributed by atoms with van der Waals surface area (Å²) in [5, 5.41) is 13.1. The quantitative estimate of drug-likeness (QED) is 0.790. The summed E-state index contributed by atoms with van der Waals surface area (Å²) in [5.74, 6) is -1.73. The number of pyridine rings is 1. The van der Waals surface area contributed by atoms with Crippen molar-refractivity contribution in [1.82, 2.24) is 14.8 Å². The maximum atomic E-state index is 14.1. The van der Waals surface area contributed by atoms with E-state index >= 15 is 0 Å². The van der Waals surface area contributed by atoms with Crippen LogP contribution in [0, 0.1) is 18.7 Å². The Balaban J connectivity index is 1.46. The van der Waals surface area contributed by atoms with Gasteiger partial charge in [0, 0.05) is 31.4 Å². The van der Waals surface area contributed by atoms with Gasteiger partial charge in [-0.05, 0) is 50.2 Å². The van der Waals surface area contributed by atoms with E-state index in [0.29, 0.717) is 24.6 Å². The van der Waals surface area contributed by atoms with Gasteiger partial charge in [0.15, 0.2) is 11.4 Å². The minimum Gasteiger partial charge on any atom is -0.503 e. The SMILES string of the molecule is Cc1ccc(CNC(=O)c2cn3c(c(O)c2=O)C(=O)N2CC4CCC2(CC4)C3)c(F)c1. The third-order valence-corrected chi connectivity index (χ3v) is 7.11. The molecule has 6 rings (SSSR count). The van der Waals surface area contributed by atoms with Crippen LogP contribution in [0.5, 0.6) is 5.75 Å². The molecule has 1 saturated carbocycles. The third-order valence-electron chi connectivity index (χ3n) is 7.11. The summed E-state index contributed by atoms with van der Waals surface area (Å²) in [4.78, 5) is 40.4. The zero-order chi connectivity index (χ0) is 21.9. The second-order valence-corrected chi connectivity index (χ2v) is 9.06. The maximum absolute atomic E-state index is 14.1. The molecule has 1 aromatic heterocycles. The summed E-state index contributed by atoms with van der Waals surface area (Å²) in [6.45, 7) is 2.77. The number of aromatic hydroxyl groups is 1. The van der Waals surface area contributed by atoms with Crippen LogP contribution in [0.15, 0.2) is 29.2 Å². The second kappa shape index (κ2) is 6.93. The molecule has 0 atom stereocenters. The largest absolute Gasteiger partial charge is 0.503 e. The number of piperidine rings is 2. The first-order valence-corrected chi connectivity index (χ1v) is 10.6. The van der Waals surface area contributed by atoms with Crippen LogP contribution in [0.1, 0.15) is 57.7 Å². The van der Waals surface area contributed by atoms with Crippen LogP contribution in [0.25, 0.3) is 0 Å². The predicted molar refractivity (Wildman–Crippen MR) is 110 cm³/mol. The van der Waals surface area contributed by atoms with Crippen LogP contribution in [0.4, 0.5) is 4.39 Å². The molecule has 8 heteroatoms. The number of fused-ring (bicyclic) bond motifs is 3. The van der Waals surface area contributed by atoms with E-state index in [1.807, 2.05) is 4.90 Å². The minimum absolute atomic E-state index is 0.0516. The zero-order valence-electron chi connectivity index (χ0n) is 17.3. The van der Waals surface area contributed by atoms with Crippen molar-refractivity contribution in [3.8, 4) is 5.75 Å². The molecule has 3 fully saturated rings. The van der Waals surface area contributed by atoms with Gasteiger partial charge in [-0.15, -0.1) is 0 Å². The molecule has 2 bridgehead atoms. The summed E-state index contributed by atoms with van der Waals surface area (Å²) >= 11 is 0. The maximum Gasteiger partial charge on any atom is 0.275 e. The van der Waals surface area contributed by atoms with Crippen molar-refractivity contribution in [2.75, 3.05) is 6.54 Å². The van der Waals surface area contributed by atoms with Crippen molar-refractivity contribution in [3.63, 3.8) is 0 Å². The number of hydrogen-bond acceptors (Lipinski definition) is 4. The number of halogens is 1. The van der Waals surface area contributed by atoms with Crippen molar-refractivity contribution in [2.45, 2.75) is 51.2 Å². The van der Waals surface area contributed by atoms with Gasteiger partial charge in [0.05, 0.1) is 5.54 Å². The number of hydrogen-bond donors (Lipinski definition) is 2. The highest BCUT2D eigenvalue weighted by molar-refractivity contribution is 5.99. The molecule has 0 unspecified atom stereocenters. The van der Waals surface area contributed by atoms with E-state index in [4.69, 9.17) is 0 Å². The van der Waals surface area contributed by atoms with Gasteiger partial charge in [-0.25, -0.2) is 4.39 Å². The van der Waals surface area contributed by atoms with E-state index in [-0.39, 0.29) is 29.2 Å².